The Labute approximate surface area is 116 Å². The summed E-state index contributed by atoms with van der Waals surface area (Å²) < 4.78 is 5.28. The molecule has 1 saturated heterocycles. The van der Waals surface area contributed by atoms with Crippen LogP contribution in [0, 0.1) is 6.92 Å². The van der Waals surface area contributed by atoms with Crippen LogP contribution >= 0.6 is 0 Å². The van der Waals surface area contributed by atoms with E-state index < -0.39 is 5.97 Å². The Balaban J connectivity index is 1.80. The van der Waals surface area contributed by atoms with Gasteiger partial charge >= 0.3 is 12.0 Å². The number of nitrogens with zero attached hydrogens (tertiary/aromatic N) is 1. The maximum absolute atomic E-state index is 11.7. The number of aryl methyl sites for hydroxylation is 1. The van der Waals surface area contributed by atoms with Gasteiger partial charge in [0.05, 0.1) is 6.54 Å². The van der Waals surface area contributed by atoms with Crippen molar-refractivity contribution >= 4 is 12.0 Å². The molecule has 2 heterocycles. The van der Waals surface area contributed by atoms with Crippen molar-refractivity contribution in [1.29, 1.82) is 0 Å². The molecule has 7 heteroatoms. The van der Waals surface area contributed by atoms with Gasteiger partial charge in [0.1, 0.15) is 17.1 Å². The number of piperidine rings is 1. The average Bonchev–Trinajstić information content (AvgIpc) is 2.79. The number of carboxylic acids is 1. The molecule has 1 fully saturated rings. The molecule has 20 heavy (non-hydrogen) atoms. The monoisotopic (exact) mass is 281 g/mol. The van der Waals surface area contributed by atoms with E-state index >= 15 is 0 Å². The fourth-order valence-electron chi connectivity index (χ4n) is 2.20. The lowest BCUT2D eigenvalue weighted by molar-refractivity contribution is 0.0695. The van der Waals surface area contributed by atoms with Crippen molar-refractivity contribution in [2.45, 2.75) is 32.7 Å². The highest BCUT2D eigenvalue weighted by Gasteiger charge is 2.15. The van der Waals surface area contributed by atoms with Crippen molar-refractivity contribution in [3.63, 3.8) is 0 Å². The third-order valence-electron chi connectivity index (χ3n) is 3.24. The number of urea groups is 1. The zero-order valence-electron chi connectivity index (χ0n) is 11.4. The van der Waals surface area contributed by atoms with Gasteiger partial charge in [-0.1, -0.05) is 6.42 Å². The summed E-state index contributed by atoms with van der Waals surface area (Å²) >= 11 is 0. The minimum absolute atomic E-state index is 0.123. The molecule has 2 rings (SSSR count). The molecule has 1 aliphatic heterocycles. The first-order chi connectivity index (χ1) is 9.56. The van der Waals surface area contributed by atoms with Crippen LogP contribution in [-0.2, 0) is 6.54 Å². The minimum atomic E-state index is -1.03. The van der Waals surface area contributed by atoms with Crippen molar-refractivity contribution in [3.05, 3.63) is 23.2 Å². The number of aromatic carboxylic acids is 1. The summed E-state index contributed by atoms with van der Waals surface area (Å²) in [6.07, 6.45) is 3.36. The number of carboxylic acid groups (broad SMARTS) is 1. The van der Waals surface area contributed by atoms with Gasteiger partial charge in [-0.2, -0.15) is 0 Å². The van der Waals surface area contributed by atoms with Crippen LogP contribution in [-0.4, -0.2) is 35.2 Å². The summed E-state index contributed by atoms with van der Waals surface area (Å²) in [5.41, 5.74) is 2.88. The first-order valence-electron chi connectivity index (χ1n) is 6.68. The van der Waals surface area contributed by atoms with E-state index in [-0.39, 0.29) is 18.1 Å². The molecule has 0 bridgehead atoms. The van der Waals surface area contributed by atoms with Crippen LogP contribution in [0.4, 0.5) is 4.79 Å². The second-order valence-electron chi connectivity index (χ2n) is 4.83. The van der Waals surface area contributed by atoms with Gasteiger partial charge in [-0.05, 0) is 25.8 Å². The highest BCUT2D eigenvalue weighted by atomic mass is 16.4. The fourth-order valence-corrected chi connectivity index (χ4v) is 2.20. The molecule has 0 atom stereocenters. The lowest BCUT2D eigenvalue weighted by Crippen LogP contribution is -2.49. The highest BCUT2D eigenvalue weighted by molar-refractivity contribution is 5.88. The normalized spacial score (nSPS) is 15.8. The summed E-state index contributed by atoms with van der Waals surface area (Å²) in [4.78, 5) is 22.6. The van der Waals surface area contributed by atoms with Crippen LogP contribution < -0.4 is 10.7 Å². The van der Waals surface area contributed by atoms with Crippen LogP contribution in [0.3, 0.4) is 0 Å². The third kappa shape index (κ3) is 3.74. The molecule has 0 spiro atoms. The number of hydrogen-bond acceptors (Lipinski definition) is 4. The van der Waals surface area contributed by atoms with Crippen molar-refractivity contribution < 1.29 is 19.1 Å². The van der Waals surface area contributed by atoms with E-state index in [1.54, 1.807) is 6.92 Å². The molecular weight excluding hydrogens is 262 g/mol. The molecule has 0 radical (unpaired) electrons. The van der Waals surface area contributed by atoms with Crippen molar-refractivity contribution in [2.24, 2.45) is 0 Å². The largest absolute Gasteiger partial charge is 0.478 e. The maximum Gasteiger partial charge on any atom is 0.339 e. The van der Waals surface area contributed by atoms with Gasteiger partial charge in [-0.15, -0.1) is 0 Å². The first-order valence-corrected chi connectivity index (χ1v) is 6.68. The van der Waals surface area contributed by atoms with Gasteiger partial charge in [0.15, 0.2) is 0 Å². The molecule has 7 nitrogen and oxygen atoms in total. The summed E-state index contributed by atoms with van der Waals surface area (Å²) in [6.45, 7) is 3.46. The number of nitrogens with one attached hydrogen (secondary N) is 2. The van der Waals surface area contributed by atoms with Crippen molar-refractivity contribution in [1.82, 2.24) is 15.8 Å². The Bertz CT molecular complexity index is 492. The number of rotatable bonds is 4. The van der Waals surface area contributed by atoms with Crippen molar-refractivity contribution in [3.8, 4) is 0 Å². The lowest BCUT2D eigenvalue weighted by Gasteiger charge is -2.26. The first kappa shape index (κ1) is 14.4. The van der Waals surface area contributed by atoms with E-state index in [4.69, 9.17) is 9.52 Å². The lowest BCUT2D eigenvalue weighted by atomic mass is 10.2. The zero-order valence-corrected chi connectivity index (χ0v) is 11.4. The molecule has 0 unspecified atom stereocenters. The van der Waals surface area contributed by atoms with E-state index in [1.807, 2.05) is 5.01 Å². The van der Waals surface area contributed by atoms with Gasteiger partial charge in [-0.3, -0.25) is 5.43 Å². The fraction of sp³-hybridized carbons (Fsp3) is 0.538. The topological polar surface area (TPSA) is 94.8 Å². The number of furan rings is 1. The minimum Gasteiger partial charge on any atom is -0.478 e. The van der Waals surface area contributed by atoms with E-state index in [0.29, 0.717) is 11.5 Å². The van der Waals surface area contributed by atoms with E-state index in [9.17, 15) is 9.59 Å². The van der Waals surface area contributed by atoms with E-state index in [0.717, 1.165) is 25.9 Å². The second-order valence-corrected chi connectivity index (χ2v) is 4.83. The SMILES string of the molecule is Cc1oc(CNC(=O)NN2CCCCC2)cc1C(=O)O. The second kappa shape index (κ2) is 6.42. The summed E-state index contributed by atoms with van der Waals surface area (Å²) in [5, 5.41) is 13.4. The Morgan fingerprint density at radius 1 is 1.35 bits per heavy atom. The Kier molecular flexibility index (Phi) is 4.62. The number of hydrazine groups is 1. The van der Waals surface area contributed by atoms with Crippen molar-refractivity contribution in [2.75, 3.05) is 13.1 Å². The quantitative estimate of drug-likeness (QED) is 0.777. The Morgan fingerprint density at radius 3 is 2.65 bits per heavy atom. The maximum atomic E-state index is 11.7. The molecule has 1 aliphatic rings. The molecule has 1 aromatic heterocycles. The van der Waals surface area contributed by atoms with Gasteiger partial charge in [-0.25, -0.2) is 14.6 Å². The highest BCUT2D eigenvalue weighted by Crippen LogP contribution is 2.14. The summed E-state index contributed by atoms with van der Waals surface area (Å²) in [7, 11) is 0. The molecule has 3 N–H and O–H groups in total. The van der Waals surface area contributed by atoms with Gasteiger partial charge in [0.25, 0.3) is 0 Å². The standard InChI is InChI=1S/C13H19N3O4/c1-9-11(12(17)18)7-10(20-9)8-14-13(19)15-16-5-3-2-4-6-16/h7H,2-6,8H2,1H3,(H,17,18)(H2,14,15,19). The van der Waals surface area contributed by atoms with Crippen LogP contribution in [0.2, 0.25) is 0 Å². The average molecular weight is 281 g/mol. The van der Waals surface area contributed by atoms with Crippen LogP contribution in [0.15, 0.2) is 10.5 Å². The summed E-state index contributed by atoms with van der Waals surface area (Å²) in [6, 6.07) is 1.12. The molecule has 0 aliphatic carbocycles. The molecular formula is C13H19N3O4. The van der Waals surface area contributed by atoms with Gasteiger partial charge in [0.2, 0.25) is 0 Å². The van der Waals surface area contributed by atoms with E-state index in [2.05, 4.69) is 10.7 Å². The molecule has 1 aromatic rings. The Morgan fingerprint density at radius 2 is 2.05 bits per heavy atom. The Hall–Kier alpha value is -2.02. The number of hydrogen-bond donors (Lipinski definition) is 3. The molecule has 110 valence electrons. The summed E-state index contributed by atoms with van der Waals surface area (Å²) in [5.74, 6) is -0.269. The molecule has 0 saturated carbocycles. The predicted octanol–water partition coefficient (Wildman–Crippen LogP) is 1.49. The number of amides is 2. The number of carbonyl (C=O) groups is 2. The molecule has 0 aromatic carbocycles. The van der Waals surface area contributed by atoms with Gasteiger partial charge < -0.3 is 14.8 Å². The number of carbonyl (C=O) groups excluding carboxylic acids is 1. The third-order valence-corrected chi connectivity index (χ3v) is 3.24. The zero-order chi connectivity index (χ0) is 14.5. The smallest absolute Gasteiger partial charge is 0.339 e. The van der Waals surface area contributed by atoms with Crippen LogP contribution in [0.1, 0.15) is 41.1 Å². The van der Waals surface area contributed by atoms with Crippen LogP contribution in [0.25, 0.3) is 0 Å². The molecule has 2 amide bonds. The van der Waals surface area contributed by atoms with Crippen LogP contribution in [0.5, 0.6) is 0 Å². The predicted molar refractivity (Wildman–Crippen MR) is 71.2 cm³/mol. The van der Waals surface area contributed by atoms with E-state index in [1.165, 1.54) is 12.5 Å². The van der Waals surface area contributed by atoms with Gasteiger partial charge in [0, 0.05) is 13.1 Å².